The van der Waals surface area contributed by atoms with Crippen molar-refractivity contribution in [2.24, 2.45) is 0 Å². The molecule has 0 radical (unpaired) electrons. The Morgan fingerprint density at radius 1 is 1.23 bits per heavy atom. The number of hydrogen-bond donors (Lipinski definition) is 1. The van der Waals surface area contributed by atoms with Crippen LogP contribution in [0.25, 0.3) is 23.3 Å². The van der Waals surface area contributed by atoms with Crippen molar-refractivity contribution in [3.63, 3.8) is 0 Å². The van der Waals surface area contributed by atoms with Crippen LogP contribution in [0.1, 0.15) is 22.3 Å². The van der Waals surface area contributed by atoms with Gasteiger partial charge in [-0.3, -0.25) is 0 Å². The minimum absolute atomic E-state index is 0.186. The SMILES string of the molecule is CO/C=C/c1cc2c(cc1-c1ccc(C)c(F)c1)C=CNC2. The second-order valence-electron chi connectivity index (χ2n) is 5.35. The summed E-state index contributed by atoms with van der Waals surface area (Å²) < 4.78 is 19.0. The van der Waals surface area contributed by atoms with Crippen LogP contribution in [0.4, 0.5) is 4.39 Å². The summed E-state index contributed by atoms with van der Waals surface area (Å²) in [5.41, 5.74) is 5.91. The smallest absolute Gasteiger partial charge is 0.126 e. The Morgan fingerprint density at radius 2 is 2.09 bits per heavy atom. The number of rotatable bonds is 3. The fourth-order valence-electron chi connectivity index (χ4n) is 2.60. The number of halogens is 1. The highest BCUT2D eigenvalue weighted by Crippen LogP contribution is 2.31. The standard InChI is InChI=1S/C19H18FNO/c1-13-3-4-15(11-19(13)20)18-10-14-5-7-21-12-17(14)9-16(18)6-8-22-2/h3-11,21H,12H2,1-2H3/b8-6+. The van der Waals surface area contributed by atoms with E-state index in [2.05, 4.69) is 17.4 Å². The summed E-state index contributed by atoms with van der Waals surface area (Å²) in [6.07, 6.45) is 7.52. The first-order valence-electron chi connectivity index (χ1n) is 7.22. The second kappa shape index (κ2) is 6.06. The lowest BCUT2D eigenvalue weighted by molar-refractivity contribution is 0.341. The summed E-state index contributed by atoms with van der Waals surface area (Å²) in [5.74, 6) is -0.186. The predicted octanol–water partition coefficient (Wildman–Crippen LogP) is 4.49. The summed E-state index contributed by atoms with van der Waals surface area (Å²) in [5, 5.41) is 3.20. The summed E-state index contributed by atoms with van der Waals surface area (Å²) >= 11 is 0. The Morgan fingerprint density at radius 3 is 2.86 bits per heavy atom. The normalized spacial score (nSPS) is 13.0. The van der Waals surface area contributed by atoms with E-state index in [-0.39, 0.29) is 5.82 Å². The van der Waals surface area contributed by atoms with Crippen LogP contribution in [-0.4, -0.2) is 7.11 Å². The Bertz CT molecular complexity index is 762. The molecule has 22 heavy (non-hydrogen) atoms. The molecule has 0 aliphatic carbocycles. The number of benzene rings is 2. The van der Waals surface area contributed by atoms with Crippen LogP contribution in [-0.2, 0) is 11.3 Å². The third kappa shape index (κ3) is 2.75. The molecule has 1 heterocycles. The van der Waals surface area contributed by atoms with Gasteiger partial charge in [0.25, 0.3) is 0 Å². The second-order valence-corrected chi connectivity index (χ2v) is 5.35. The van der Waals surface area contributed by atoms with E-state index in [4.69, 9.17) is 4.74 Å². The van der Waals surface area contributed by atoms with E-state index in [1.807, 2.05) is 30.5 Å². The molecule has 0 bridgehead atoms. The first-order chi connectivity index (χ1) is 10.7. The first kappa shape index (κ1) is 14.4. The van der Waals surface area contributed by atoms with Gasteiger partial charge in [0.2, 0.25) is 0 Å². The van der Waals surface area contributed by atoms with Gasteiger partial charge in [-0.2, -0.15) is 0 Å². The van der Waals surface area contributed by atoms with Crippen molar-refractivity contribution >= 4 is 12.2 Å². The quantitative estimate of drug-likeness (QED) is 0.842. The highest BCUT2D eigenvalue weighted by molar-refractivity contribution is 5.79. The number of hydrogen-bond acceptors (Lipinski definition) is 2. The molecule has 0 amide bonds. The van der Waals surface area contributed by atoms with Crippen LogP contribution in [0.3, 0.4) is 0 Å². The van der Waals surface area contributed by atoms with Gasteiger partial charge in [-0.25, -0.2) is 4.39 Å². The highest BCUT2D eigenvalue weighted by atomic mass is 19.1. The Kier molecular flexibility index (Phi) is 3.96. The van der Waals surface area contributed by atoms with Crippen LogP contribution in [0.2, 0.25) is 0 Å². The summed E-state index contributed by atoms with van der Waals surface area (Å²) in [6, 6.07) is 9.58. The van der Waals surface area contributed by atoms with E-state index in [1.165, 1.54) is 5.56 Å². The monoisotopic (exact) mass is 295 g/mol. The van der Waals surface area contributed by atoms with Gasteiger partial charge in [-0.05, 0) is 76.9 Å². The van der Waals surface area contributed by atoms with Crippen LogP contribution in [0.5, 0.6) is 0 Å². The Balaban J connectivity index is 2.17. The van der Waals surface area contributed by atoms with E-state index in [0.717, 1.165) is 28.8 Å². The lowest BCUT2D eigenvalue weighted by atomic mass is 9.92. The van der Waals surface area contributed by atoms with Gasteiger partial charge < -0.3 is 10.1 Å². The maximum Gasteiger partial charge on any atom is 0.126 e. The lowest BCUT2D eigenvalue weighted by Gasteiger charge is -2.17. The van der Waals surface area contributed by atoms with Crippen LogP contribution >= 0.6 is 0 Å². The summed E-state index contributed by atoms with van der Waals surface area (Å²) in [4.78, 5) is 0. The minimum Gasteiger partial charge on any atom is -0.504 e. The van der Waals surface area contributed by atoms with Crippen molar-refractivity contribution < 1.29 is 9.13 Å². The topological polar surface area (TPSA) is 21.3 Å². The predicted molar refractivity (Wildman–Crippen MR) is 88.5 cm³/mol. The zero-order valence-electron chi connectivity index (χ0n) is 12.7. The maximum absolute atomic E-state index is 13.9. The molecule has 2 nitrogen and oxygen atoms in total. The number of fused-ring (bicyclic) bond motifs is 1. The van der Waals surface area contributed by atoms with Crippen LogP contribution in [0, 0.1) is 12.7 Å². The summed E-state index contributed by atoms with van der Waals surface area (Å²) in [7, 11) is 1.62. The van der Waals surface area contributed by atoms with Crippen molar-refractivity contribution in [1.29, 1.82) is 0 Å². The van der Waals surface area contributed by atoms with Crippen molar-refractivity contribution in [3.8, 4) is 11.1 Å². The van der Waals surface area contributed by atoms with Gasteiger partial charge in [-0.1, -0.05) is 12.1 Å². The molecule has 1 aliphatic heterocycles. The van der Waals surface area contributed by atoms with Gasteiger partial charge in [0, 0.05) is 6.54 Å². The molecule has 2 aromatic carbocycles. The summed E-state index contributed by atoms with van der Waals surface area (Å²) in [6.45, 7) is 2.56. The number of methoxy groups -OCH3 is 1. The molecule has 3 heteroatoms. The fourth-order valence-corrected chi connectivity index (χ4v) is 2.60. The molecule has 0 aromatic heterocycles. The average Bonchev–Trinajstić information content (AvgIpc) is 2.54. The van der Waals surface area contributed by atoms with E-state index < -0.39 is 0 Å². The zero-order chi connectivity index (χ0) is 15.5. The van der Waals surface area contributed by atoms with Crippen molar-refractivity contribution in [2.75, 3.05) is 7.11 Å². The maximum atomic E-state index is 13.9. The number of aryl methyl sites for hydroxylation is 1. The molecule has 2 aromatic rings. The average molecular weight is 295 g/mol. The van der Waals surface area contributed by atoms with Gasteiger partial charge in [0.15, 0.2) is 0 Å². The first-order valence-corrected chi connectivity index (χ1v) is 7.22. The van der Waals surface area contributed by atoms with Gasteiger partial charge in [0.1, 0.15) is 5.82 Å². The van der Waals surface area contributed by atoms with Gasteiger partial charge in [0.05, 0.1) is 13.4 Å². The molecule has 0 saturated carbocycles. The van der Waals surface area contributed by atoms with Gasteiger partial charge >= 0.3 is 0 Å². The van der Waals surface area contributed by atoms with Crippen molar-refractivity contribution in [3.05, 3.63) is 70.9 Å². The van der Waals surface area contributed by atoms with Gasteiger partial charge in [-0.15, -0.1) is 0 Å². The van der Waals surface area contributed by atoms with E-state index in [0.29, 0.717) is 5.56 Å². The fraction of sp³-hybridized carbons (Fsp3) is 0.158. The Hall–Kier alpha value is -2.55. The van der Waals surface area contributed by atoms with Crippen LogP contribution in [0.15, 0.2) is 42.8 Å². The minimum atomic E-state index is -0.186. The van der Waals surface area contributed by atoms with Crippen molar-refractivity contribution in [1.82, 2.24) is 5.32 Å². The van der Waals surface area contributed by atoms with Crippen LogP contribution < -0.4 is 5.32 Å². The highest BCUT2D eigenvalue weighted by Gasteiger charge is 2.12. The molecule has 0 saturated heterocycles. The van der Waals surface area contributed by atoms with Crippen molar-refractivity contribution in [2.45, 2.75) is 13.5 Å². The lowest BCUT2D eigenvalue weighted by Crippen LogP contribution is -2.10. The number of ether oxygens (including phenoxy) is 1. The zero-order valence-corrected chi connectivity index (χ0v) is 12.7. The third-order valence-corrected chi connectivity index (χ3v) is 3.85. The third-order valence-electron chi connectivity index (χ3n) is 3.85. The molecule has 3 rings (SSSR count). The molecular formula is C19H18FNO. The molecule has 112 valence electrons. The number of nitrogens with one attached hydrogen (secondary N) is 1. The molecule has 1 N–H and O–H groups in total. The van der Waals surface area contributed by atoms with E-state index >= 15 is 0 Å². The largest absolute Gasteiger partial charge is 0.504 e. The molecular weight excluding hydrogens is 277 g/mol. The molecule has 0 atom stereocenters. The molecule has 0 fully saturated rings. The molecule has 1 aliphatic rings. The molecule has 0 unspecified atom stereocenters. The Labute approximate surface area is 129 Å². The van der Waals surface area contributed by atoms with E-state index in [1.54, 1.807) is 26.4 Å². The van der Waals surface area contributed by atoms with E-state index in [9.17, 15) is 4.39 Å². The molecule has 0 spiro atoms.